The van der Waals surface area contributed by atoms with Crippen LogP contribution in [0.15, 0.2) is 24.3 Å². The first-order chi connectivity index (χ1) is 12.1. The summed E-state index contributed by atoms with van der Waals surface area (Å²) in [5.74, 6) is 0.0143. The smallest absolute Gasteiger partial charge is 0.240 e. The number of rotatable bonds is 6. The highest BCUT2D eigenvalue weighted by molar-refractivity contribution is 5.86. The van der Waals surface area contributed by atoms with E-state index in [4.69, 9.17) is 5.73 Å². The third-order valence-electron chi connectivity index (χ3n) is 6.12. The van der Waals surface area contributed by atoms with Crippen LogP contribution in [0.1, 0.15) is 68.9 Å². The van der Waals surface area contributed by atoms with E-state index in [0.29, 0.717) is 12.6 Å². The van der Waals surface area contributed by atoms with Gasteiger partial charge in [0.25, 0.3) is 0 Å². The minimum Gasteiger partial charge on any atom is -0.350 e. The van der Waals surface area contributed by atoms with Crippen molar-refractivity contribution in [3.8, 4) is 0 Å². The summed E-state index contributed by atoms with van der Waals surface area (Å²) in [5, 5.41) is 3.09. The van der Waals surface area contributed by atoms with Gasteiger partial charge in [-0.1, -0.05) is 56.4 Å². The number of carbonyl (C=O) groups excluding carboxylic acids is 1. The van der Waals surface area contributed by atoms with Crippen LogP contribution in [0.4, 0.5) is 0 Å². The highest BCUT2D eigenvalue weighted by Crippen LogP contribution is 2.27. The molecule has 4 nitrogen and oxygen atoms in total. The standard InChI is InChI=1S/C21H33N3O/c1-24(19-11-3-2-4-12-19)16-18-10-6-5-9-17(18)15-23-20(25)21(22)13-7-8-14-21/h5-6,9-10,19H,2-4,7-8,11-16,22H2,1H3,(H,23,25). The van der Waals surface area contributed by atoms with Gasteiger partial charge in [0.1, 0.15) is 0 Å². The van der Waals surface area contributed by atoms with Crippen LogP contribution >= 0.6 is 0 Å². The molecule has 1 amide bonds. The SMILES string of the molecule is CN(Cc1ccccc1CNC(=O)C1(N)CCCC1)C1CCCCC1. The molecule has 0 saturated heterocycles. The molecule has 2 saturated carbocycles. The lowest BCUT2D eigenvalue weighted by Gasteiger charge is -2.31. The van der Waals surface area contributed by atoms with Crippen molar-refractivity contribution in [1.82, 2.24) is 10.2 Å². The van der Waals surface area contributed by atoms with Crippen LogP contribution in [-0.4, -0.2) is 29.4 Å². The van der Waals surface area contributed by atoms with E-state index in [1.807, 2.05) is 0 Å². The van der Waals surface area contributed by atoms with Gasteiger partial charge in [-0.15, -0.1) is 0 Å². The van der Waals surface area contributed by atoms with Crippen LogP contribution in [0.2, 0.25) is 0 Å². The molecule has 0 spiro atoms. The largest absolute Gasteiger partial charge is 0.350 e. The van der Waals surface area contributed by atoms with E-state index < -0.39 is 5.54 Å². The average molecular weight is 344 g/mol. The fraction of sp³-hybridized carbons (Fsp3) is 0.667. The maximum atomic E-state index is 12.5. The lowest BCUT2D eigenvalue weighted by atomic mass is 9.94. The Bertz CT molecular complexity index is 574. The first-order valence-corrected chi connectivity index (χ1v) is 9.93. The summed E-state index contributed by atoms with van der Waals surface area (Å²) in [6.07, 6.45) is 10.5. The molecule has 138 valence electrons. The van der Waals surface area contributed by atoms with Crippen molar-refractivity contribution in [2.24, 2.45) is 5.73 Å². The molecular formula is C21H33N3O. The summed E-state index contributed by atoms with van der Waals surface area (Å²) in [5.41, 5.74) is 8.14. The number of carbonyl (C=O) groups is 1. The third kappa shape index (κ3) is 4.62. The van der Waals surface area contributed by atoms with Crippen molar-refractivity contribution >= 4 is 5.91 Å². The predicted octanol–water partition coefficient (Wildman–Crippen LogP) is 3.34. The Morgan fingerprint density at radius 3 is 2.44 bits per heavy atom. The third-order valence-corrected chi connectivity index (χ3v) is 6.12. The number of nitrogens with two attached hydrogens (primary N) is 1. The van der Waals surface area contributed by atoms with Gasteiger partial charge in [0.15, 0.2) is 0 Å². The molecule has 0 unspecified atom stereocenters. The molecule has 0 heterocycles. The zero-order valence-corrected chi connectivity index (χ0v) is 15.6. The molecule has 0 atom stereocenters. The zero-order valence-electron chi connectivity index (χ0n) is 15.6. The Labute approximate surface area is 152 Å². The molecule has 25 heavy (non-hydrogen) atoms. The van der Waals surface area contributed by atoms with Crippen molar-refractivity contribution in [1.29, 1.82) is 0 Å². The van der Waals surface area contributed by atoms with Crippen molar-refractivity contribution < 1.29 is 4.79 Å². The molecule has 0 radical (unpaired) electrons. The Morgan fingerprint density at radius 1 is 1.12 bits per heavy atom. The van der Waals surface area contributed by atoms with E-state index in [1.165, 1.54) is 43.2 Å². The van der Waals surface area contributed by atoms with E-state index in [1.54, 1.807) is 0 Å². The second-order valence-corrected chi connectivity index (χ2v) is 8.02. The molecule has 0 aliphatic heterocycles. The van der Waals surface area contributed by atoms with Gasteiger partial charge in [0.2, 0.25) is 5.91 Å². The Balaban J connectivity index is 1.59. The first kappa shape index (κ1) is 18.4. The molecule has 3 rings (SSSR count). The second kappa shape index (κ2) is 8.33. The summed E-state index contributed by atoms with van der Waals surface area (Å²) in [7, 11) is 2.23. The Morgan fingerprint density at radius 2 is 1.76 bits per heavy atom. The summed E-state index contributed by atoms with van der Waals surface area (Å²) in [6, 6.07) is 9.16. The molecule has 1 aromatic carbocycles. The average Bonchev–Trinajstić information content (AvgIpc) is 3.09. The van der Waals surface area contributed by atoms with Crippen LogP contribution in [-0.2, 0) is 17.9 Å². The molecule has 2 fully saturated rings. The summed E-state index contributed by atoms with van der Waals surface area (Å²) in [6.45, 7) is 1.52. The van der Waals surface area contributed by atoms with E-state index >= 15 is 0 Å². The van der Waals surface area contributed by atoms with Crippen LogP contribution < -0.4 is 11.1 Å². The molecule has 2 aliphatic rings. The van der Waals surface area contributed by atoms with Crippen molar-refractivity contribution in [2.45, 2.75) is 82.5 Å². The minimum absolute atomic E-state index is 0.0143. The topological polar surface area (TPSA) is 58.4 Å². The van der Waals surface area contributed by atoms with Gasteiger partial charge in [-0.25, -0.2) is 0 Å². The van der Waals surface area contributed by atoms with Gasteiger partial charge in [-0.3, -0.25) is 9.69 Å². The van der Waals surface area contributed by atoms with Gasteiger partial charge in [-0.2, -0.15) is 0 Å². The molecule has 0 bridgehead atoms. The maximum absolute atomic E-state index is 12.5. The van der Waals surface area contributed by atoms with Crippen LogP contribution in [0.5, 0.6) is 0 Å². The predicted molar refractivity (Wildman–Crippen MR) is 102 cm³/mol. The summed E-state index contributed by atoms with van der Waals surface area (Å²) < 4.78 is 0. The first-order valence-electron chi connectivity index (χ1n) is 9.93. The highest BCUT2D eigenvalue weighted by Gasteiger charge is 2.36. The van der Waals surface area contributed by atoms with E-state index in [-0.39, 0.29) is 5.91 Å². The van der Waals surface area contributed by atoms with Gasteiger partial charge >= 0.3 is 0 Å². The highest BCUT2D eigenvalue weighted by atomic mass is 16.2. The van der Waals surface area contributed by atoms with Gasteiger partial charge in [0, 0.05) is 19.1 Å². The normalized spacial score (nSPS) is 20.8. The van der Waals surface area contributed by atoms with Crippen LogP contribution in [0.25, 0.3) is 0 Å². The minimum atomic E-state index is -0.645. The number of amides is 1. The molecule has 2 aliphatic carbocycles. The molecule has 1 aromatic rings. The van der Waals surface area contributed by atoms with E-state index in [9.17, 15) is 4.79 Å². The summed E-state index contributed by atoms with van der Waals surface area (Å²) in [4.78, 5) is 15.0. The lowest BCUT2D eigenvalue weighted by molar-refractivity contribution is -0.126. The van der Waals surface area contributed by atoms with E-state index in [0.717, 1.165) is 32.2 Å². The number of hydrogen-bond donors (Lipinski definition) is 2. The molecule has 4 heteroatoms. The number of hydrogen-bond acceptors (Lipinski definition) is 3. The second-order valence-electron chi connectivity index (χ2n) is 8.02. The molecular weight excluding hydrogens is 310 g/mol. The Hall–Kier alpha value is -1.39. The van der Waals surface area contributed by atoms with Crippen molar-refractivity contribution in [3.63, 3.8) is 0 Å². The fourth-order valence-corrected chi connectivity index (χ4v) is 4.39. The quantitative estimate of drug-likeness (QED) is 0.833. The number of benzene rings is 1. The van der Waals surface area contributed by atoms with Gasteiger partial charge < -0.3 is 11.1 Å². The number of nitrogens with one attached hydrogen (secondary N) is 1. The fourth-order valence-electron chi connectivity index (χ4n) is 4.39. The maximum Gasteiger partial charge on any atom is 0.240 e. The van der Waals surface area contributed by atoms with Gasteiger partial charge in [0.05, 0.1) is 5.54 Å². The summed E-state index contributed by atoms with van der Waals surface area (Å²) >= 11 is 0. The lowest BCUT2D eigenvalue weighted by Crippen LogP contribution is -2.51. The zero-order chi connectivity index (χ0) is 17.7. The molecule has 0 aromatic heterocycles. The number of nitrogens with zero attached hydrogens (tertiary/aromatic N) is 1. The van der Waals surface area contributed by atoms with Crippen molar-refractivity contribution in [2.75, 3.05) is 7.05 Å². The van der Waals surface area contributed by atoms with E-state index in [2.05, 4.69) is 41.5 Å². The monoisotopic (exact) mass is 343 g/mol. The van der Waals surface area contributed by atoms with Gasteiger partial charge in [-0.05, 0) is 43.9 Å². The van der Waals surface area contributed by atoms with Crippen LogP contribution in [0, 0.1) is 0 Å². The van der Waals surface area contributed by atoms with Crippen LogP contribution in [0.3, 0.4) is 0 Å². The van der Waals surface area contributed by atoms with Crippen molar-refractivity contribution in [3.05, 3.63) is 35.4 Å². The molecule has 3 N–H and O–H groups in total. The Kier molecular flexibility index (Phi) is 6.13.